The summed E-state index contributed by atoms with van der Waals surface area (Å²) in [5, 5.41) is 0. The van der Waals surface area contributed by atoms with Crippen LogP contribution in [-0.4, -0.2) is 8.42 Å². The second kappa shape index (κ2) is 6.26. The van der Waals surface area contributed by atoms with Crippen LogP contribution in [-0.2, 0) is 22.7 Å². The van der Waals surface area contributed by atoms with Gasteiger partial charge in [-0.3, -0.25) is 0 Å². The van der Waals surface area contributed by atoms with Gasteiger partial charge < -0.3 is 0 Å². The summed E-state index contributed by atoms with van der Waals surface area (Å²) in [6, 6.07) is 5.20. The monoisotopic (exact) mass is 417 g/mol. The maximum atomic E-state index is 13.4. The lowest BCUT2D eigenvalue weighted by molar-refractivity contribution is -0.140. The van der Waals surface area contributed by atoms with E-state index in [-0.39, 0.29) is 16.3 Å². The molecule has 1 N–H and O–H groups in total. The number of nitrogens with one attached hydrogen (secondary N) is 1. The molecular weight excluding hydrogens is 410 g/mol. The van der Waals surface area contributed by atoms with Gasteiger partial charge in [0.2, 0.25) is 10.0 Å². The SMILES string of the molecule is O=S(=O)(NCc1ccc(C(F)(F)F)c(F)c1)c1ccc(Br)s1. The standard InChI is InChI=1S/C12H8BrF4NO2S2/c13-10-3-4-11(21-10)22(19,20)18-6-7-1-2-8(9(14)5-7)12(15,16)17/h1-5,18H,6H2. The first-order valence-electron chi connectivity index (χ1n) is 5.70. The molecule has 120 valence electrons. The highest BCUT2D eigenvalue weighted by molar-refractivity contribution is 9.11. The summed E-state index contributed by atoms with van der Waals surface area (Å²) in [6.45, 7) is -0.313. The number of sulfonamides is 1. The van der Waals surface area contributed by atoms with Gasteiger partial charge in [0, 0.05) is 6.54 Å². The summed E-state index contributed by atoms with van der Waals surface area (Å²) in [5.74, 6) is -1.44. The van der Waals surface area contributed by atoms with Crippen LogP contribution in [0.3, 0.4) is 0 Å². The molecule has 10 heteroatoms. The van der Waals surface area contributed by atoms with Gasteiger partial charge in [-0.15, -0.1) is 11.3 Å². The number of alkyl halides is 3. The number of benzene rings is 1. The molecule has 1 aromatic heterocycles. The van der Waals surface area contributed by atoms with Gasteiger partial charge in [-0.05, 0) is 45.8 Å². The van der Waals surface area contributed by atoms with E-state index in [0.717, 1.165) is 17.4 Å². The highest BCUT2D eigenvalue weighted by Crippen LogP contribution is 2.31. The highest BCUT2D eigenvalue weighted by Gasteiger charge is 2.33. The van der Waals surface area contributed by atoms with Crippen LogP contribution in [0.5, 0.6) is 0 Å². The van der Waals surface area contributed by atoms with Crippen LogP contribution in [0.15, 0.2) is 38.3 Å². The first kappa shape index (κ1) is 17.4. The van der Waals surface area contributed by atoms with Gasteiger partial charge in [0.15, 0.2) is 0 Å². The second-order valence-electron chi connectivity index (χ2n) is 4.20. The van der Waals surface area contributed by atoms with Crippen LogP contribution in [0.4, 0.5) is 17.6 Å². The molecule has 0 aliphatic rings. The van der Waals surface area contributed by atoms with Gasteiger partial charge in [-0.25, -0.2) is 17.5 Å². The first-order valence-corrected chi connectivity index (χ1v) is 8.79. The number of rotatable bonds is 4. The van der Waals surface area contributed by atoms with Crippen LogP contribution in [0.2, 0.25) is 0 Å². The average molecular weight is 418 g/mol. The fourth-order valence-corrected chi connectivity index (χ4v) is 4.66. The Balaban J connectivity index is 2.14. The van der Waals surface area contributed by atoms with Gasteiger partial charge in [-0.2, -0.15) is 13.2 Å². The Morgan fingerprint density at radius 2 is 1.86 bits per heavy atom. The van der Waals surface area contributed by atoms with Crippen molar-refractivity contribution in [3.8, 4) is 0 Å². The maximum Gasteiger partial charge on any atom is 0.419 e. The minimum absolute atomic E-state index is 0.0479. The first-order chi connectivity index (χ1) is 10.1. The predicted octanol–water partition coefficient (Wildman–Crippen LogP) is 4.15. The predicted molar refractivity (Wildman–Crippen MR) is 77.4 cm³/mol. The molecule has 0 saturated heterocycles. The zero-order valence-corrected chi connectivity index (χ0v) is 13.8. The Morgan fingerprint density at radius 3 is 2.36 bits per heavy atom. The van der Waals surface area contributed by atoms with Crippen molar-refractivity contribution in [1.29, 1.82) is 0 Å². The van der Waals surface area contributed by atoms with E-state index in [1.54, 1.807) is 6.07 Å². The minimum Gasteiger partial charge on any atom is -0.206 e. The number of halogens is 5. The van der Waals surface area contributed by atoms with E-state index in [4.69, 9.17) is 0 Å². The summed E-state index contributed by atoms with van der Waals surface area (Å²) in [6.07, 6.45) is -4.79. The summed E-state index contributed by atoms with van der Waals surface area (Å²) >= 11 is 4.11. The Bertz CT molecular complexity index is 787. The van der Waals surface area contributed by atoms with Crippen LogP contribution in [0.1, 0.15) is 11.1 Å². The van der Waals surface area contributed by atoms with E-state index < -0.39 is 27.6 Å². The Labute approximate surface area is 136 Å². The molecule has 0 unspecified atom stereocenters. The van der Waals surface area contributed by atoms with Gasteiger partial charge in [0.1, 0.15) is 10.0 Å². The van der Waals surface area contributed by atoms with E-state index in [1.165, 1.54) is 6.07 Å². The van der Waals surface area contributed by atoms with Crippen molar-refractivity contribution in [3.05, 3.63) is 51.1 Å². The van der Waals surface area contributed by atoms with Crippen molar-refractivity contribution >= 4 is 37.3 Å². The molecule has 0 spiro atoms. The summed E-state index contributed by atoms with van der Waals surface area (Å²) in [7, 11) is -3.80. The Hall–Kier alpha value is -0.970. The topological polar surface area (TPSA) is 46.2 Å². The van der Waals surface area contributed by atoms with Gasteiger partial charge in [0.25, 0.3) is 0 Å². The number of hydrogen-bond donors (Lipinski definition) is 1. The van der Waals surface area contributed by atoms with Crippen molar-refractivity contribution < 1.29 is 26.0 Å². The van der Waals surface area contributed by atoms with E-state index >= 15 is 0 Å². The lowest BCUT2D eigenvalue weighted by atomic mass is 10.1. The third-order valence-corrected chi connectivity index (χ3v) is 6.14. The number of hydrogen-bond acceptors (Lipinski definition) is 3. The fraction of sp³-hybridized carbons (Fsp3) is 0.167. The third kappa shape index (κ3) is 4.06. The lowest BCUT2D eigenvalue weighted by Crippen LogP contribution is -2.22. The number of thiophene rings is 1. The Kier molecular flexibility index (Phi) is 4.95. The molecule has 1 aromatic carbocycles. The summed E-state index contributed by atoms with van der Waals surface area (Å²) < 4.78 is 77.4. The maximum absolute atomic E-state index is 13.4. The Morgan fingerprint density at radius 1 is 1.18 bits per heavy atom. The van der Waals surface area contributed by atoms with Crippen LogP contribution in [0.25, 0.3) is 0 Å². The highest BCUT2D eigenvalue weighted by atomic mass is 79.9. The van der Waals surface area contributed by atoms with Crippen molar-refractivity contribution in [2.45, 2.75) is 16.9 Å². The molecule has 0 atom stereocenters. The second-order valence-corrected chi connectivity index (χ2v) is 8.65. The van der Waals surface area contributed by atoms with Gasteiger partial charge >= 0.3 is 6.18 Å². The van der Waals surface area contributed by atoms with Crippen molar-refractivity contribution in [1.82, 2.24) is 4.72 Å². The zero-order chi connectivity index (χ0) is 16.5. The van der Waals surface area contributed by atoms with E-state index in [0.29, 0.717) is 15.9 Å². The zero-order valence-electron chi connectivity index (χ0n) is 10.6. The molecule has 0 aliphatic heterocycles. The summed E-state index contributed by atoms with van der Waals surface area (Å²) in [5.41, 5.74) is -1.30. The van der Waals surface area contributed by atoms with E-state index in [9.17, 15) is 26.0 Å². The molecule has 1 heterocycles. The molecule has 2 rings (SSSR count). The van der Waals surface area contributed by atoms with Crippen LogP contribution in [0, 0.1) is 5.82 Å². The quantitative estimate of drug-likeness (QED) is 0.759. The molecular formula is C12H8BrF4NO2S2. The molecule has 0 radical (unpaired) electrons. The van der Waals surface area contributed by atoms with E-state index in [2.05, 4.69) is 20.7 Å². The van der Waals surface area contributed by atoms with Gasteiger partial charge in [-0.1, -0.05) is 6.07 Å². The normalized spacial score (nSPS) is 12.6. The van der Waals surface area contributed by atoms with Gasteiger partial charge in [0.05, 0.1) is 9.35 Å². The van der Waals surface area contributed by atoms with Crippen molar-refractivity contribution in [2.75, 3.05) is 0 Å². The van der Waals surface area contributed by atoms with Crippen LogP contribution < -0.4 is 4.72 Å². The smallest absolute Gasteiger partial charge is 0.206 e. The fourth-order valence-electron chi connectivity index (χ4n) is 1.59. The van der Waals surface area contributed by atoms with Crippen LogP contribution >= 0.6 is 27.3 Å². The molecule has 2 aromatic rings. The molecule has 0 bridgehead atoms. The van der Waals surface area contributed by atoms with Crippen molar-refractivity contribution in [2.24, 2.45) is 0 Å². The lowest BCUT2D eigenvalue weighted by Gasteiger charge is -2.10. The summed E-state index contributed by atoms with van der Waals surface area (Å²) in [4.78, 5) is 0. The molecule has 3 nitrogen and oxygen atoms in total. The van der Waals surface area contributed by atoms with E-state index in [1.807, 2.05) is 0 Å². The molecule has 0 aliphatic carbocycles. The molecule has 0 fully saturated rings. The minimum atomic E-state index is -4.79. The molecule has 0 amide bonds. The molecule has 0 saturated carbocycles. The molecule has 22 heavy (non-hydrogen) atoms. The third-order valence-electron chi connectivity index (χ3n) is 2.62. The average Bonchev–Trinajstić information content (AvgIpc) is 2.82. The largest absolute Gasteiger partial charge is 0.419 e. The van der Waals surface area contributed by atoms with Crippen molar-refractivity contribution in [3.63, 3.8) is 0 Å².